The first kappa shape index (κ1) is 14.4. The summed E-state index contributed by atoms with van der Waals surface area (Å²) in [6.07, 6.45) is 0. The monoisotopic (exact) mass is 293 g/mol. The van der Waals surface area contributed by atoms with Gasteiger partial charge in [-0.05, 0) is 12.1 Å². The smallest absolute Gasteiger partial charge is 0.316 e. The van der Waals surface area contributed by atoms with Crippen LogP contribution in [0.2, 0.25) is 0 Å². The highest BCUT2D eigenvalue weighted by molar-refractivity contribution is 7.99. The number of thioether (sulfide) groups is 1. The second-order valence-electron chi connectivity index (χ2n) is 3.96. The second-order valence-corrected chi connectivity index (χ2v) is 4.90. The van der Waals surface area contributed by atoms with E-state index >= 15 is 0 Å². The largest absolute Gasteiger partial charge is 0.497 e. The molecule has 0 saturated heterocycles. The minimum atomic E-state index is -0.291. The fraction of sp³-hybridized carbons (Fsp3) is 0.308. The zero-order chi connectivity index (χ0) is 14.5. The van der Waals surface area contributed by atoms with Crippen LogP contribution < -0.4 is 4.74 Å². The van der Waals surface area contributed by atoms with Gasteiger partial charge in [0, 0.05) is 12.6 Å². The third kappa shape index (κ3) is 3.11. The maximum Gasteiger partial charge on any atom is 0.316 e. The molecule has 20 heavy (non-hydrogen) atoms. The SMILES string of the molecule is COC(=O)CSc1nnc(-c2cccc(OC)c2)n1C. The highest BCUT2D eigenvalue weighted by Crippen LogP contribution is 2.25. The van der Waals surface area contributed by atoms with E-state index in [1.54, 1.807) is 7.11 Å². The summed E-state index contributed by atoms with van der Waals surface area (Å²) < 4.78 is 11.6. The number of rotatable bonds is 5. The van der Waals surface area contributed by atoms with Crippen LogP contribution in [0.1, 0.15) is 0 Å². The summed E-state index contributed by atoms with van der Waals surface area (Å²) in [6.45, 7) is 0. The standard InChI is InChI=1S/C13H15N3O3S/c1-16-12(9-5-4-6-10(7-9)18-2)14-15-13(16)20-8-11(17)19-3/h4-7H,8H2,1-3H3. The van der Waals surface area contributed by atoms with Crippen molar-refractivity contribution in [2.45, 2.75) is 5.16 Å². The number of hydrogen-bond acceptors (Lipinski definition) is 6. The molecule has 7 heteroatoms. The molecule has 0 saturated carbocycles. The number of benzene rings is 1. The Kier molecular flexibility index (Phi) is 4.62. The van der Waals surface area contributed by atoms with Gasteiger partial charge in [-0.3, -0.25) is 4.79 Å². The molecule has 0 bridgehead atoms. The predicted molar refractivity (Wildman–Crippen MR) is 75.7 cm³/mol. The van der Waals surface area contributed by atoms with E-state index in [0.29, 0.717) is 5.16 Å². The summed E-state index contributed by atoms with van der Waals surface area (Å²) in [5.74, 6) is 1.40. The van der Waals surface area contributed by atoms with Crippen molar-refractivity contribution in [3.8, 4) is 17.1 Å². The normalized spacial score (nSPS) is 10.3. The van der Waals surface area contributed by atoms with Crippen LogP contribution in [0.15, 0.2) is 29.4 Å². The number of methoxy groups -OCH3 is 2. The molecule has 0 amide bonds. The third-order valence-electron chi connectivity index (χ3n) is 2.71. The van der Waals surface area contributed by atoms with Crippen LogP contribution in [0, 0.1) is 0 Å². The average Bonchev–Trinajstić information content (AvgIpc) is 2.85. The Balaban J connectivity index is 2.21. The first-order chi connectivity index (χ1) is 9.65. The lowest BCUT2D eigenvalue weighted by Gasteiger charge is -2.05. The van der Waals surface area contributed by atoms with Crippen molar-refractivity contribution in [1.29, 1.82) is 0 Å². The summed E-state index contributed by atoms with van der Waals surface area (Å²) >= 11 is 1.29. The van der Waals surface area contributed by atoms with E-state index in [1.165, 1.54) is 18.9 Å². The molecule has 0 unspecified atom stereocenters. The molecule has 0 N–H and O–H groups in total. The second kappa shape index (κ2) is 6.42. The maximum absolute atomic E-state index is 11.1. The molecule has 0 aliphatic rings. The topological polar surface area (TPSA) is 66.2 Å². The van der Waals surface area contributed by atoms with Gasteiger partial charge in [0.15, 0.2) is 11.0 Å². The quantitative estimate of drug-likeness (QED) is 0.618. The number of hydrogen-bond donors (Lipinski definition) is 0. The van der Waals surface area contributed by atoms with E-state index in [-0.39, 0.29) is 11.7 Å². The molecule has 0 spiro atoms. The highest BCUT2D eigenvalue weighted by atomic mass is 32.2. The number of carbonyl (C=O) groups is 1. The lowest BCUT2D eigenvalue weighted by molar-refractivity contribution is -0.137. The average molecular weight is 293 g/mol. The molecule has 1 aromatic carbocycles. The number of esters is 1. The van der Waals surface area contributed by atoms with Gasteiger partial charge in [0.2, 0.25) is 0 Å². The zero-order valence-corrected chi connectivity index (χ0v) is 12.3. The van der Waals surface area contributed by atoms with Gasteiger partial charge in [0.1, 0.15) is 5.75 Å². The van der Waals surface area contributed by atoms with Crippen LogP contribution >= 0.6 is 11.8 Å². The van der Waals surface area contributed by atoms with Gasteiger partial charge < -0.3 is 14.0 Å². The molecule has 1 heterocycles. The molecule has 6 nitrogen and oxygen atoms in total. The van der Waals surface area contributed by atoms with E-state index < -0.39 is 0 Å². The van der Waals surface area contributed by atoms with Gasteiger partial charge in [-0.1, -0.05) is 23.9 Å². The van der Waals surface area contributed by atoms with Crippen LogP contribution in [-0.2, 0) is 16.6 Å². The van der Waals surface area contributed by atoms with Crippen molar-refractivity contribution in [3.63, 3.8) is 0 Å². The molecule has 2 rings (SSSR count). The van der Waals surface area contributed by atoms with Gasteiger partial charge >= 0.3 is 5.97 Å². The number of carbonyl (C=O) groups excluding carboxylic acids is 1. The van der Waals surface area contributed by atoms with Gasteiger partial charge in [0.05, 0.1) is 20.0 Å². The fourth-order valence-electron chi connectivity index (χ4n) is 1.64. The van der Waals surface area contributed by atoms with Crippen LogP contribution in [0.25, 0.3) is 11.4 Å². The Bertz CT molecular complexity index is 613. The van der Waals surface area contributed by atoms with E-state index in [9.17, 15) is 4.79 Å². The van der Waals surface area contributed by atoms with E-state index in [1.807, 2.05) is 35.9 Å². The van der Waals surface area contributed by atoms with Crippen molar-refractivity contribution in [3.05, 3.63) is 24.3 Å². The summed E-state index contributed by atoms with van der Waals surface area (Å²) in [4.78, 5) is 11.1. The van der Waals surface area contributed by atoms with Crippen LogP contribution in [0.3, 0.4) is 0 Å². The summed E-state index contributed by atoms with van der Waals surface area (Å²) in [7, 11) is 4.84. The molecule has 0 aliphatic carbocycles. The molecular weight excluding hydrogens is 278 g/mol. The number of ether oxygens (including phenoxy) is 2. The Labute approximate surface area is 121 Å². The highest BCUT2D eigenvalue weighted by Gasteiger charge is 2.13. The molecule has 106 valence electrons. The Hall–Kier alpha value is -2.02. The molecule has 0 radical (unpaired) electrons. The zero-order valence-electron chi connectivity index (χ0n) is 11.5. The Morgan fingerprint density at radius 1 is 1.35 bits per heavy atom. The number of aromatic nitrogens is 3. The Morgan fingerprint density at radius 2 is 2.15 bits per heavy atom. The van der Waals surface area contributed by atoms with E-state index in [4.69, 9.17) is 4.74 Å². The summed E-state index contributed by atoms with van der Waals surface area (Å²) in [5.41, 5.74) is 0.907. The number of nitrogens with zero attached hydrogens (tertiary/aromatic N) is 3. The van der Waals surface area contributed by atoms with Gasteiger partial charge in [0.25, 0.3) is 0 Å². The molecule has 1 aromatic heterocycles. The molecule has 0 atom stereocenters. The minimum absolute atomic E-state index is 0.209. The van der Waals surface area contributed by atoms with E-state index in [2.05, 4.69) is 14.9 Å². The molecule has 2 aromatic rings. The van der Waals surface area contributed by atoms with E-state index in [0.717, 1.165) is 17.1 Å². The maximum atomic E-state index is 11.1. The van der Waals surface area contributed by atoms with Crippen LogP contribution in [-0.4, -0.2) is 40.7 Å². The lowest BCUT2D eigenvalue weighted by Crippen LogP contribution is -2.04. The molecular formula is C13H15N3O3S. The first-order valence-electron chi connectivity index (χ1n) is 5.89. The van der Waals surface area contributed by atoms with Crippen molar-refractivity contribution in [2.75, 3.05) is 20.0 Å². The van der Waals surface area contributed by atoms with Crippen molar-refractivity contribution >= 4 is 17.7 Å². The lowest BCUT2D eigenvalue weighted by atomic mass is 10.2. The fourth-order valence-corrected chi connectivity index (χ4v) is 2.38. The molecule has 0 aliphatic heterocycles. The van der Waals surface area contributed by atoms with Gasteiger partial charge in [-0.25, -0.2) is 0 Å². The van der Waals surface area contributed by atoms with Crippen LogP contribution in [0.5, 0.6) is 5.75 Å². The first-order valence-corrected chi connectivity index (χ1v) is 6.87. The summed E-state index contributed by atoms with van der Waals surface area (Å²) in [6, 6.07) is 7.58. The van der Waals surface area contributed by atoms with Crippen LogP contribution in [0.4, 0.5) is 0 Å². The summed E-state index contributed by atoms with van der Waals surface area (Å²) in [5, 5.41) is 8.89. The van der Waals surface area contributed by atoms with Gasteiger partial charge in [-0.15, -0.1) is 10.2 Å². The minimum Gasteiger partial charge on any atom is -0.497 e. The predicted octanol–water partition coefficient (Wildman–Crippen LogP) is 1.76. The molecule has 0 fully saturated rings. The van der Waals surface area contributed by atoms with Gasteiger partial charge in [-0.2, -0.15) is 0 Å². The Morgan fingerprint density at radius 3 is 2.85 bits per heavy atom. The van der Waals surface area contributed by atoms with Crippen molar-refractivity contribution < 1.29 is 14.3 Å². The van der Waals surface area contributed by atoms with Crippen molar-refractivity contribution in [2.24, 2.45) is 7.05 Å². The van der Waals surface area contributed by atoms with Crippen molar-refractivity contribution in [1.82, 2.24) is 14.8 Å². The third-order valence-corrected chi connectivity index (χ3v) is 3.70.